The fourth-order valence-electron chi connectivity index (χ4n) is 2.13. The highest BCUT2D eigenvalue weighted by atomic mass is 35.5. The van der Waals surface area contributed by atoms with Gasteiger partial charge in [0.2, 0.25) is 0 Å². The Morgan fingerprint density at radius 3 is 2.33 bits per heavy atom. The molecule has 122 valence electrons. The van der Waals surface area contributed by atoms with Gasteiger partial charge >= 0.3 is 0 Å². The fourth-order valence-corrected chi connectivity index (χ4v) is 3.66. The SMILES string of the molecule is O=C1SC(=Cc2cc(Cl)c(O)c(Cl)c2)C(=O)N1c1cccc(Cl)c1. The van der Waals surface area contributed by atoms with Crippen molar-refractivity contribution >= 4 is 69.5 Å². The van der Waals surface area contributed by atoms with Crippen LogP contribution in [0, 0.1) is 0 Å². The highest BCUT2D eigenvalue weighted by Gasteiger charge is 2.36. The molecule has 0 unspecified atom stereocenters. The Hall–Kier alpha value is -1.66. The van der Waals surface area contributed by atoms with Crippen LogP contribution in [0.5, 0.6) is 5.75 Å². The molecule has 2 amide bonds. The van der Waals surface area contributed by atoms with Crippen LogP contribution in [-0.2, 0) is 4.79 Å². The second-order valence-electron chi connectivity index (χ2n) is 4.83. The second kappa shape index (κ2) is 6.69. The summed E-state index contributed by atoms with van der Waals surface area (Å²) in [4.78, 5) is 26.0. The van der Waals surface area contributed by atoms with Gasteiger partial charge in [-0.3, -0.25) is 9.59 Å². The summed E-state index contributed by atoms with van der Waals surface area (Å²) in [5, 5.41) is 9.68. The molecule has 2 aromatic carbocycles. The van der Waals surface area contributed by atoms with Gasteiger partial charge in [-0.05, 0) is 53.7 Å². The van der Waals surface area contributed by atoms with E-state index in [0.717, 1.165) is 16.7 Å². The minimum atomic E-state index is -0.465. The van der Waals surface area contributed by atoms with Gasteiger partial charge in [0.1, 0.15) is 0 Å². The number of hydrogen-bond acceptors (Lipinski definition) is 4. The van der Waals surface area contributed by atoms with Gasteiger partial charge in [-0.2, -0.15) is 0 Å². The zero-order valence-corrected chi connectivity index (χ0v) is 14.9. The van der Waals surface area contributed by atoms with E-state index in [1.165, 1.54) is 24.3 Å². The molecule has 0 aliphatic carbocycles. The Labute approximate surface area is 156 Å². The number of phenols is 1. The monoisotopic (exact) mass is 399 g/mol. The standard InChI is InChI=1S/C16H8Cl3NO3S/c17-9-2-1-3-10(7-9)20-15(22)13(24-16(20)23)6-8-4-11(18)14(21)12(19)5-8/h1-7,21H. The van der Waals surface area contributed by atoms with Gasteiger partial charge in [-0.25, -0.2) is 4.90 Å². The van der Waals surface area contributed by atoms with E-state index in [1.807, 2.05) is 0 Å². The summed E-state index contributed by atoms with van der Waals surface area (Å²) in [5.74, 6) is -0.699. The summed E-state index contributed by atoms with van der Waals surface area (Å²) in [7, 11) is 0. The zero-order chi connectivity index (χ0) is 17.4. The Balaban J connectivity index is 1.97. The van der Waals surface area contributed by atoms with Gasteiger partial charge in [-0.1, -0.05) is 40.9 Å². The largest absolute Gasteiger partial charge is 0.505 e. The lowest BCUT2D eigenvalue weighted by Gasteiger charge is -2.12. The minimum absolute atomic E-state index is 0.0582. The maximum absolute atomic E-state index is 12.5. The summed E-state index contributed by atoms with van der Waals surface area (Å²) < 4.78 is 0. The molecule has 0 spiro atoms. The minimum Gasteiger partial charge on any atom is -0.505 e. The first-order chi connectivity index (χ1) is 11.4. The van der Waals surface area contributed by atoms with Crippen molar-refractivity contribution in [2.24, 2.45) is 0 Å². The van der Waals surface area contributed by atoms with E-state index in [-0.39, 0.29) is 20.7 Å². The average Bonchev–Trinajstić information content (AvgIpc) is 2.79. The van der Waals surface area contributed by atoms with Crippen LogP contribution < -0.4 is 4.90 Å². The molecule has 0 radical (unpaired) electrons. The van der Waals surface area contributed by atoms with Gasteiger partial charge in [0.25, 0.3) is 11.1 Å². The number of rotatable bonds is 2. The van der Waals surface area contributed by atoms with Gasteiger partial charge in [0.15, 0.2) is 5.75 Å². The normalized spacial score (nSPS) is 16.3. The fraction of sp³-hybridized carbons (Fsp3) is 0. The molecule has 0 saturated carbocycles. The van der Waals surface area contributed by atoms with Crippen molar-refractivity contribution in [2.45, 2.75) is 0 Å². The Bertz CT molecular complexity index is 875. The molecule has 1 heterocycles. The smallest absolute Gasteiger partial charge is 0.298 e. The molecule has 1 saturated heterocycles. The second-order valence-corrected chi connectivity index (χ2v) is 7.07. The van der Waals surface area contributed by atoms with Crippen LogP contribution in [0.4, 0.5) is 10.5 Å². The number of nitrogens with zero attached hydrogens (tertiary/aromatic N) is 1. The highest BCUT2D eigenvalue weighted by Crippen LogP contribution is 2.38. The average molecular weight is 401 g/mol. The molecule has 0 bridgehead atoms. The van der Waals surface area contributed by atoms with E-state index in [1.54, 1.807) is 18.2 Å². The Kier molecular flexibility index (Phi) is 4.78. The molecule has 2 aromatic rings. The molecule has 24 heavy (non-hydrogen) atoms. The van der Waals surface area contributed by atoms with Crippen molar-refractivity contribution in [3.05, 3.63) is 61.9 Å². The van der Waals surface area contributed by atoms with Crippen LogP contribution in [0.3, 0.4) is 0 Å². The van der Waals surface area contributed by atoms with E-state index >= 15 is 0 Å². The van der Waals surface area contributed by atoms with E-state index in [4.69, 9.17) is 34.8 Å². The molecule has 4 nitrogen and oxygen atoms in total. The number of hydrogen-bond donors (Lipinski definition) is 1. The Morgan fingerprint density at radius 1 is 1.04 bits per heavy atom. The lowest BCUT2D eigenvalue weighted by Crippen LogP contribution is -2.27. The predicted octanol–water partition coefficient (Wildman–Crippen LogP) is 5.59. The van der Waals surface area contributed by atoms with Gasteiger partial charge in [0, 0.05) is 5.02 Å². The lowest BCUT2D eigenvalue weighted by molar-refractivity contribution is -0.113. The third-order valence-corrected chi connectivity index (χ3v) is 4.88. The summed E-state index contributed by atoms with van der Waals surface area (Å²) in [6, 6.07) is 9.38. The predicted molar refractivity (Wildman–Crippen MR) is 98.0 cm³/mol. The van der Waals surface area contributed by atoms with Crippen molar-refractivity contribution in [3.63, 3.8) is 0 Å². The first-order valence-electron chi connectivity index (χ1n) is 6.58. The number of phenolic OH excluding ortho intramolecular Hbond substituents is 1. The maximum Gasteiger partial charge on any atom is 0.298 e. The number of carbonyl (C=O) groups excluding carboxylic acids is 2. The number of carbonyl (C=O) groups is 2. The number of amides is 2. The first kappa shape index (κ1) is 17.2. The van der Waals surface area contributed by atoms with Crippen LogP contribution in [0.1, 0.15) is 5.56 Å². The van der Waals surface area contributed by atoms with Crippen molar-refractivity contribution in [1.82, 2.24) is 0 Å². The molecular weight excluding hydrogens is 393 g/mol. The lowest BCUT2D eigenvalue weighted by atomic mass is 10.2. The third kappa shape index (κ3) is 3.26. The molecule has 1 fully saturated rings. The van der Waals surface area contributed by atoms with Crippen molar-refractivity contribution in [3.8, 4) is 5.75 Å². The number of benzene rings is 2. The summed E-state index contributed by atoms with van der Waals surface area (Å²) >= 11 is 18.4. The number of imide groups is 1. The first-order valence-corrected chi connectivity index (χ1v) is 8.53. The third-order valence-electron chi connectivity index (χ3n) is 3.20. The van der Waals surface area contributed by atoms with E-state index in [0.29, 0.717) is 16.3 Å². The van der Waals surface area contributed by atoms with Gasteiger partial charge < -0.3 is 5.11 Å². The van der Waals surface area contributed by atoms with Crippen molar-refractivity contribution < 1.29 is 14.7 Å². The van der Waals surface area contributed by atoms with E-state index < -0.39 is 11.1 Å². The van der Waals surface area contributed by atoms with Crippen LogP contribution >= 0.6 is 46.6 Å². The molecule has 1 N–H and O–H groups in total. The van der Waals surface area contributed by atoms with E-state index in [2.05, 4.69) is 0 Å². The summed E-state index contributed by atoms with van der Waals surface area (Å²) in [6.07, 6.45) is 1.49. The summed E-state index contributed by atoms with van der Waals surface area (Å²) in [6.45, 7) is 0. The van der Waals surface area contributed by atoms with Crippen molar-refractivity contribution in [2.75, 3.05) is 4.90 Å². The summed E-state index contributed by atoms with van der Waals surface area (Å²) in [5.41, 5.74) is 0.898. The van der Waals surface area contributed by atoms with Gasteiger partial charge in [0.05, 0.1) is 20.6 Å². The number of halogens is 3. The Morgan fingerprint density at radius 2 is 1.71 bits per heavy atom. The highest BCUT2D eigenvalue weighted by molar-refractivity contribution is 8.19. The number of aromatic hydroxyl groups is 1. The van der Waals surface area contributed by atoms with Crippen LogP contribution in [-0.4, -0.2) is 16.3 Å². The molecule has 0 atom stereocenters. The molecular formula is C16H8Cl3NO3S. The number of thioether (sulfide) groups is 1. The molecule has 0 aromatic heterocycles. The van der Waals surface area contributed by atoms with Crippen LogP contribution in [0.25, 0.3) is 6.08 Å². The zero-order valence-electron chi connectivity index (χ0n) is 11.8. The molecule has 1 aliphatic heterocycles. The number of anilines is 1. The van der Waals surface area contributed by atoms with Gasteiger partial charge in [-0.15, -0.1) is 0 Å². The quantitative estimate of drug-likeness (QED) is 0.667. The topological polar surface area (TPSA) is 57.6 Å². The molecule has 3 rings (SSSR count). The van der Waals surface area contributed by atoms with Crippen molar-refractivity contribution in [1.29, 1.82) is 0 Å². The van der Waals surface area contributed by atoms with Crippen LogP contribution in [0.2, 0.25) is 15.1 Å². The molecule has 1 aliphatic rings. The molecule has 8 heteroatoms. The maximum atomic E-state index is 12.5. The van der Waals surface area contributed by atoms with E-state index in [9.17, 15) is 14.7 Å². The van der Waals surface area contributed by atoms with Crippen LogP contribution in [0.15, 0.2) is 41.3 Å².